The van der Waals surface area contributed by atoms with E-state index in [1.165, 1.54) is 18.4 Å². The molecule has 0 spiro atoms. The Hall–Kier alpha value is -1.35. The maximum absolute atomic E-state index is 12.4. The van der Waals surface area contributed by atoms with Crippen LogP contribution in [0.25, 0.3) is 0 Å². The molecule has 2 aliphatic carbocycles. The van der Waals surface area contributed by atoms with Crippen LogP contribution in [-0.2, 0) is 11.3 Å². The van der Waals surface area contributed by atoms with Gasteiger partial charge in [0.1, 0.15) is 0 Å². The third-order valence-electron chi connectivity index (χ3n) is 5.68. The Morgan fingerprint density at radius 2 is 1.67 bits per heavy atom. The fraction of sp³-hybridized carbons (Fsp3) is 0.611. The Morgan fingerprint density at radius 1 is 1.10 bits per heavy atom. The number of carbonyl (C=O) groups excluding carboxylic acids is 1. The molecular formula is C18H26N2O. The van der Waals surface area contributed by atoms with E-state index in [9.17, 15) is 4.79 Å². The van der Waals surface area contributed by atoms with Gasteiger partial charge in [0.15, 0.2) is 0 Å². The van der Waals surface area contributed by atoms with Crippen molar-refractivity contribution >= 4 is 11.6 Å². The summed E-state index contributed by atoms with van der Waals surface area (Å²) in [7, 11) is 0. The minimum Gasteiger partial charge on any atom is -0.326 e. The highest BCUT2D eigenvalue weighted by Crippen LogP contribution is 2.68. The van der Waals surface area contributed by atoms with Gasteiger partial charge in [-0.2, -0.15) is 0 Å². The smallest absolute Gasteiger partial charge is 0.228 e. The van der Waals surface area contributed by atoms with Gasteiger partial charge >= 0.3 is 0 Å². The maximum atomic E-state index is 12.4. The minimum absolute atomic E-state index is 0.0885. The molecule has 0 atom stereocenters. The van der Waals surface area contributed by atoms with E-state index < -0.39 is 0 Å². The number of benzene rings is 1. The summed E-state index contributed by atoms with van der Waals surface area (Å²) >= 11 is 0. The topological polar surface area (TPSA) is 41.1 Å². The summed E-state index contributed by atoms with van der Waals surface area (Å²) in [5.41, 5.74) is 2.34. The number of hydrogen-bond acceptors (Lipinski definition) is 2. The highest BCUT2D eigenvalue weighted by molar-refractivity contribution is 5.96. The van der Waals surface area contributed by atoms with Gasteiger partial charge in [-0.05, 0) is 41.4 Å². The first kappa shape index (κ1) is 14.6. The fourth-order valence-corrected chi connectivity index (χ4v) is 3.32. The summed E-state index contributed by atoms with van der Waals surface area (Å²) < 4.78 is 0. The first-order valence-electron chi connectivity index (χ1n) is 7.95. The van der Waals surface area contributed by atoms with Crippen molar-refractivity contribution in [2.24, 2.45) is 16.7 Å². The van der Waals surface area contributed by atoms with E-state index in [1.807, 2.05) is 12.1 Å². The van der Waals surface area contributed by atoms with Crippen LogP contribution in [0.5, 0.6) is 0 Å². The van der Waals surface area contributed by atoms with Gasteiger partial charge in [-0.25, -0.2) is 0 Å². The lowest BCUT2D eigenvalue weighted by atomic mass is 10.0. The lowest BCUT2D eigenvalue weighted by Gasteiger charge is -2.08. The Kier molecular flexibility index (Phi) is 3.36. The van der Waals surface area contributed by atoms with Crippen molar-refractivity contribution in [3.05, 3.63) is 29.8 Å². The standard InChI is InChI=1S/C18H26N2O/c1-17(2)15(18(17,3)4)16(21)20-14-7-5-12(6-8-14)11-19-13-9-10-13/h5-8,13,15,19H,9-11H2,1-4H3,(H,20,21). The summed E-state index contributed by atoms with van der Waals surface area (Å²) in [5.74, 6) is 0.245. The van der Waals surface area contributed by atoms with E-state index in [-0.39, 0.29) is 22.7 Å². The van der Waals surface area contributed by atoms with Crippen molar-refractivity contribution in [2.45, 2.75) is 53.1 Å². The summed E-state index contributed by atoms with van der Waals surface area (Å²) in [6.07, 6.45) is 2.61. The molecule has 3 nitrogen and oxygen atoms in total. The van der Waals surface area contributed by atoms with E-state index in [0.717, 1.165) is 18.3 Å². The van der Waals surface area contributed by atoms with E-state index in [1.54, 1.807) is 0 Å². The van der Waals surface area contributed by atoms with Crippen LogP contribution in [-0.4, -0.2) is 11.9 Å². The molecule has 0 aliphatic heterocycles. The van der Waals surface area contributed by atoms with Crippen LogP contribution in [0.3, 0.4) is 0 Å². The molecule has 2 fully saturated rings. The molecule has 0 heterocycles. The third kappa shape index (κ3) is 2.71. The summed E-state index contributed by atoms with van der Waals surface area (Å²) in [4.78, 5) is 12.4. The maximum Gasteiger partial charge on any atom is 0.228 e. The second kappa shape index (κ2) is 4.84. The molecular weight excluding hydrogens is 260 g/mol. The number of amides is 1. The number of rotatable bonds is 5. The summed E-state index contributed by atoms with van der Waals surface area (Å²) in [6.45, 7) is 9.60. The monoisotopic (exact) mass is 286 g/mol. The number of hydrogen-bond donors (Lipinski definition) is 2. The molecule has 0 radical (unpaired) electrons. The van der Waals surface area contributed by atoms with Crippen molar-refractivity contribution in [1.29, 1.82) is 0 Å². The molecule has 3 heteroatoms. The highest BCUT2D eigenvalue weighted by atomic mass is 16.2. The SMILES string of the molecule is CC1(C)C(C(=O)Nc2ccc(CNC3CC3)cc2)C1(C)C. The molecule has 1 amide bonds. The molecule has 0 bridgehead atoms. The van der Waals surface area contributed by atoms with Crippen LogP contribution in [0.4, 0.5) is 5.69 Å². The first-order valence-corrected chi connectivity index (χ1v) is 7.95. The van der Waals surface area contributed by atoms with Gasteiger partial charge in [-0.3, -0.25) is 4.79 Å². The highest BCUT2D eigenvalue weighted by Gasteiger charge is 2.68. The van der Waals surface area contributed by atoms with E-state index >= 15 is 0 Å². The zero-order chi connectivity index (χ0) is 15.3. The lowest BCUT2D eigenvalue weighted by molar-refractivity contribution is -0.118. The minimum atomic E-state index is 0.0885. The number of carbonyl (C=O) groups is 1. The summed E-state index contributed by atoms with van der Waals surface area (Å²) in [6, 6.07) is 8.92. The lowest BCUT2D eigenvalue weighted by Crippen LogP contribution is -2.18. The Morgan fingerprint density at radius 3 is 2.14 bits per heavy atom. The van der Waals surface area contributed by atoms with Crippen molar-refractivity contribution in [3.8, 4) is 0 Å². The van der Waals surface area contributed by atoms with Gasteiger partial charge in [0.05, 0.1) is 0 Å². The molecule has 1 aromatic carbocycles. The van der Waals surface area contributed by atoms with Gasteiger partial charge in [0.2, 0.25) is 5.91 Å². The van der Waals surface area contributed by atoms with Crippen molar-refractivity contribution < 1.29 is 4.79 Å². The Bertz CT molecular complexity index is 527. The van der Waals surface area contributed by atoms with Crippen molar-refractivity contribution in [1.82, 2.24) is 5.32 Å². The Balaban J connectivity index is 1.56. The van der Waals surface area contributed by atoms with E-state index in [0.29, 0.717) is 0 Å². The van der Waals surface area contributed by atoms with Gasteiger partial charge in [0, 0.05) is 24.2 Å². The number of nitrogens with one attached hydrogen (secondary N) is 2. The third-order valence-corrected chi connectivity index (χ3v) is 5.68. The fourth-order valence-electron chi connectivity index (χ4n) is 3.32. The summed E-state index contributed by atoms with van der Waals surface area (Å²) in [5, 5.41) is 6.56. The van der Waals surface area contributed by atoms with Crippen LogP contribution in [0.15, 0.2) is 24.3 Å². The predicted molar refractivity (Wildman–Crippen MR) is 86.0 cm³/mol. The van der Waals surface area contributed by atoms with Crippen LogP contribution in [0, 0.1) is 16.7 Å². The second-order valence-corrected chi connectivity index (χ2v) is 7.72. The van der Waals surface area contributed by atoms with Crippen LogP contribution in [0.2, 0.25) is 0 Å². The Labute approximate surface area is 127 Å². The van der Waals surface area contributed by atoms with Gasteiger partial charge in [-0.15, -0.1) is 0 Å². The normalized spacial score (nSPS) is 22.9. The molecule has 0 saturated heterocycles. The zero-order valence-corrected chi connectivity index (χ0v) is 13.5. The average molecular weight is 286 g/mol. The molecule has 2 aliphatic rings. The van der Waals surface area contributed by atoms with Crippen molar-refractivity contribution in [2.75, 3.05) is 5.32 Å². The second-order valence-electron chi connectivity index (χ2n) is 7.72. The molecule has 2 N–H and O–H groups in total. The predicted octanol–water partition coefficient (Wildman–Crippen LogP) is 3.56. The van der Waals surface area contributed by atoms with Crippen LogP contribution >= 0.6 is 0 Å². The van der Waals surface area contributed by atoms with Crippen molar-refractivity contribution in [3.63, 3.8) is 0 Å². The van der Waals surface area contributed by atoms with E-state index in [2.05, 4.69) is 50.5 Å². The van der Waals surface area contributed by atoms with E-state index in [4.69, 9.17) is 0 Å². The molecule has 0 aromatic heterocycles. The molecule has 1 aromatic rings. The van der Waals surface area contributed by atoms with Crippen LogP contribution < -0.4 is 10.6 Å². The van der Waals surface area contributed by atoms with Crippen LogP contribution in [0.1, 0.15) is 46.1 Å². The number of anilines is 1. The largest absolute Gasteiger partial charge is 0.326 e. The average Bonchev–Trinajstić information content (AvgIpc) is 3.27. The first-order chi connectivity index (χ1) is 9.82. The zero-order valence-electron chi connectivity index (χ0n) is 13.5. The molecule has 21 heavy (non-hydrogen) atoms. The van der Waals surface area contributed by atoms with Gasteiger partial charge in [0.25, 0.3) is 0 Å². The van der Waals surface area contributed by atoms with Gasteiger partial charge < -0.3 is 10.6 Å². The quantitative estimate of drug-likeness (QED) is 0.869. The molecule has 3 rings (SSSR count). The molecule has 0 unspecified atom stereocenters. The van der Waals surface area contributed by atoms with Gasteiger partial charge in [-0.1, -0.05) is 39.8 Å². The molecule has 2 saturated carbocycles. The molecule has 114 valence electrons.